The fourth-order valence-corrected chi connectivity index (χ4v) is 2.09. The number of rotatable bonds is 3. The molecule has 0 aromatic heterocycles. The van der Waals surface area contributed by atoms with E-state index in [2.05, 4.69) is 13.8 Å². The summed E-state index contributed by atoms with van der Waals surface area (Å²) in [5.41, 5.74) is 0. The molecule has 1 aliphatic rings. The molecule has 10 heavy (non-hydrogen) atoms. The first kappa shape index (κ1) is 8.41. The summed E-state index contributed by atoms with van der Waals surface area (Å²) in [6.45, 7) is 5.33. The number of hydrogen-bond donors (Lipinski definition) is 0. The Hall–Kier alpha value is 0.310. The molecule has 0 amide bonds. The van der Waals surface area contributed by atoms with E-state index in [0.29, 0.717) is 12.0 Å². The molecule has 1 aliphatic heterocycles. The average molecular weight is 160 g/mol. The van der Waals surface area contributed by atoms with Crippen LogP contribution in [0.2, 0.25) is 0 Å². The van der Waals surface area contributed by atoms with E-state index in [1.807, 2.05) is 11.8 Å². The maximum absolute atomic E-state index is 5.64. The first-order valence-corrected chi connectivity index (χ1v) is 5.14. The lowest BCUT2D eigenvalue weighted by atomic mass is 10.2. The van der Waals surface area contributed by atoms with Gasteiger partial charge in [0.2, 0.25) is 0 Å². The van der Waals surface area contributed by atoms with Crippen molar-refractivity contribution in [3.05, 3.63) is 0 Å². The topological polar surface area (TPSA) is 9.23 Å². The molecule has 0 aliphatic carbocycles. The van der Waals surface area contributed by atoms with Crippen molar-refractivity contribution < 1.29 is 4.74 Å². The Bertz CT molecular complexity index is 87.3. The Labute approximate surface area is 67.5 Å². The normalized spacial score (nSPS) is 26.1. The number of hydrogen-bond acceptors (Lipinski definition) is 2. The van der Waals surface area contributed by atoms with E-state index in [4.69, 9.17) is 4.74 Å². The highest BCUT2D eigenvalue weighted by molar-refractivity contribution is 7.99. The van der Waals surface area contributed by atoms with Gasteiger partial charge in [0.25, 0.3) is 0 Å². The molecule has 0 spiro atoms. The third-order valence-electron chi connectivity index (χ3n) is 1.55. The molecule has 1 rings (SSSR count). The summed E-state index contributed by atoms with van der Waals surface area (Å²) < 4.78 is 5.64. The van der Waals surface area contributed by atoms with Gasteiger partial charge in [-0.2, -0.15) is 11.8 Å². The van der Waals surface area contributed by atoms with Gasteiger partial charge in [-0.25, -0.2) is 0 Å². The van der Waals surface area contributed by atoms with Crippen LogP contribution in [-0.2, 0) is 4.74 Å². The zero-order valence-electron chi connectivity index (χ0n) is 6.80. The molecule has 1 atom stereocenters. The minimum Gasteiger partial charge on any atom is -0.377 e. The molecule has 60 valence electrons. The molecule has 1 heterocycles. The van der Waals surface area contributed by atoms with Crippen LogP contribution in [0, 0.1) is 5.92 Å². The second kappa shape index (κ2) is 4.24. The van der Waals surface area contributed by atoms with Gasteiger partial charge >= 0.3 is 0 Å². The zero-order valence-corrected chi connectivity index (χ0v) is 7.62. The van der Waals surface area contributed by atoms with Crippen LogP contribution in [0.25, 0.3) is 0 Å². The van der Waals surface area contributed by atoms with Crippen LogP contribution in [0.4, 0.5) is 0 Å². The lowest BCUT2D eigenvalue weighted by Crippen LogP contribution is -2.14. The van der Waals surface area contributed by atoms with Crippen LogP contribution in [0.5, 0.6) is 0 Å². The molecule has 1 saturated heterocycles. The molecule has 0 bridgehead atoms. The quantitative estimate of drug-likeness (QED) is 0.625. The maximum atomic E-state index is 5.64. The van der Waals surface area contributed by atoms with E-state index in [1.165, 1.54) is 17.9 Å². The van der Waals surface area contributed by atoms with Gasteiger partial charge in [-0.1, -0.05) is 13.8 Å². The molecule has 0 aromatic carbocycles. The Balaban J connectivity index is 2.01. The molecule has 0 N–H and O–H groups in total. The minimum absolute atomic E-state index is 0.562. The lowest BCUT2D eigenvalue weighted by molar-refractivity contribution is 0.0525. The highest BCUT2D eigenvalue weighted by Crippen LogP contribution is 2.20. The Morgan fingerprint density at radius 2 is 2.40 bits per heavy atom. The molecule has 1 unspecified atom stereocenters. The third kappa shape index (κ3) is 2.93. The first-order valence-electron chi connectivity index (χ1n) is 3.98. The number of thioether (sulfide) groups is 1. The second-order valence-electron chi connectivity index (χ2n) is 3.21. The average Bonchev–Trinajstić information content (AvgIpc) is 2.34. The summed E-state index contributed by atoms with van der Waals surface area (Å²) in [5.74, 6) is 3.20. The van der Waals surface area contributed by atoms with Gasteiger partial charge in [-0.3, -0.25) is 0 Å². The standard InChI is InChI=1S/C8H16OS/c1-7(2)5-9-8-3-4-10-6-8/h7-8H,3-6H2,1-2H3. The Kier molecular flexibility index (Phi) is 3.57. The van der Waals surface area contributed by atoms with Crippen LogP contribution in [-0.4, -0.2) is 24.2 Å². The van der Waals surface area contributed by atoms with Crippen molar-refractivity contribution >= 4 is 11.8 Å². The molecular formula is C8H16OS. The van der Waals surface area contributed by atoms with E-state index in [-0.39, 0.29) is 0 Å². The van der Waals surface area contributed by atoms with Gasteiger partial charge in [0.05, 0.1) is 6.10 Å². The van der Waals surface area contributed by atoms with E-state index in [9.17, 15) is 0 Å². The van der Waals surface area contributed by atoms with E-state index >= 15 is 0 Å². The summed E-state index contributed by atoms with van der Waals surface area (Å²) in [6, 6.07) is 0. The largest absolute Gasteiger partial charge is 0.377 e. The second-order valence-corrected chi connectivity index (χ2v) is 4.36. The third-order valence-corrected chi connectivity index (χ3v) is 2.69. The van der Waals surface area contributed by atoms with Gasteiger partial charge < -0.3 is 4.74 Å². The van der Waals surface area contributed by atoms with E-state index in [0.717, 1.165) is 6.61 Å². The van der Waals surface area contributed by atoms with Crippen molar-refractivity contribution in [3.8, 4) is 0 Å². The van der Waals surface area contributed by atoms with Gasteiger partial charge in [0.1, 0.15) is 0 Å². The molecule has 1 fully saturated rings. The van der Waals surface area contributed by atoms with Crippen molar-refractivity contribution in [2.24, 2.45) is 5.92 Å². The number of ether oxygens (including phenoxy) is 1. The van der Waals surface area contributed by atoms with E-state index in [1.54, 1.807) is 0 Å². The van der Waals surface area contributed by atoms with Crippen molar-refractivity contribution in [3.63, 3.8) is 0 Å². The maximum Gasteiger partial charge on any atom is 0.0673 e. The highest BCUT2D eigenvalue weighted by atomic mass is 32.2. The zero-order chi connectivity index (χ0) is 7.40. The predicted octanol–water partition coefficient (Wildman–Crippen LogP) is 2.16. The molecule has 0 saturated carbocycles. The predicted molar refractivity (Wildman–Crippen MR) is 46.5 cm³/mol. The fraction of sp³-hybridized carbons (Fsp3) is 1.00. The van der Waals surface area contributed by atoms with Crippen LogP contribution in [0.1, 0.15) is 20.3 Å². The fourth-order valence-electron chi connectivity index (χ4n) is 0.973. The van der Waals surface area contributed by atoms with Crippen LogP contribution >= 0.6 is 11.8 Å². The summed E-state index contributed by atoms with van der Waals surface area (Å²) in [4.78, 5) is 0. The van der Waals surface area contributed by atoms with Gasteiger partial charge in [0.15, 0.2) is 0 Å². The van der Waals surface area contributed by atoms with Crippen molar-refractivity contribution in [2.75, 3.05) is 18.1 Å². The molecule has 1 nitrogen and oxygen atoms in total. The van der Waals surface area contributed by atoms with E-state index < -0.39 is 0 Å². The highest BCUT2D eigenvalue weighted by Gasteiger charge is 2.15. The Morgan fingerprint density at radius 3 is 2.90 bits per heavy atom. The molecule has 0 radical (unpaired) electrons. The molecule has 0 aromatic rings. The first-order chi connectivity index (χ1) is 4.79. The monoisotopic (exact) mass is 160 g/mol. The van der Waals surface area contributed by atoms with Gasteiger partial charge in [-0.15, -0.1) is 0 Å². The van der Waals surface area contributed by atoms with Crippen LogP contribution in [0.15, 0.2) is 0 Å². The van der Waals surface area contributed by atoms with Crippen molar-refractivity contribution in [1.82, 2.24) is 0 Å². The van der Waals surface area contributed by atoms with Crippen molar-refractivity contribution in [1.29, 1.82) is 0 Å². The lowest BCUT2D eigenvalue weighted by Gasteiger charge is -2.11. The smallest absolute Gasteiger partial charge is 0.0673 e. The van der Waals surface area contributed by atoms with Crippen molar-refractivity contribution in [2.45, 2.75) is 26.4 Å². The van der Waals surface area contributed by atoms with Crippen LogP contribution in [0.3, 0.4) is 0 Å². The molecular weight excluding hydrogens is 144 g/mol. The minimum atomic E-state index is 0.562. The van der Waals surface area contributed by atoms with Gasteiger partial charge in [-0.05, 0) is 18.1 Å². The summed E-state index contributed by atoms with van der Waals surface area (Å²) in [5, 5.41) is 0. The summed E-state index contributed by atoms with van der Waals surface area (Å²) in [6.07, 6.45) is 1.82. The van der Waals surface area contributed by atoms with Crippen LogP contribution < -0.4 is 0 Å². The Morgan fingerprint density at radius 1 is 1.60 bits per heavy atom. The van der Waals surface area contributed by atoms with Gasteiger partial charge in [0, 0.05) is 12.4 Å². The molecule has 2 heteroatoms. The summed E-state index contributed by atoms with van der Waals surface area (Å²) in [7, 11) is 0. The summed E-state index contributed by atoms with van der Waals surface area (Å²) >= 11 is 2.01. The SMILES string of the molecule is CC(C)COC1CCSC1.